The van der Waals surface area contributed by atoms with Gasteiger partial charge in [-0.1, -0.05) is 44.2 Å². The van der Waals surface area contributed by atoms with Crippen LogP contribution in [0.4, 0.5) is 0 Å². The van der Waals surface area contributed by atoms with Crippen LogP contribution in [0.15, 0.2) is 24.3 Å². The van der Waals surface area contributed by atoms with Crippen molar-refractivity contribution in [3.63, 3.8) is 0 Å². The predicted octanol–water partition coefficient (Wildman–Crippen LogP) is 4.20. The third-order valence-electron chi connectivity index (χ3n) is 4.45. The SMILES string of the molecule is NC(CC1CCCCC1)c1ccc(OC2CC2)cc1. The van der Waals surface area contributed by atoms with E-state index in [1.807, 2.05) is 0 Å². The molecule has 2 aliphatic carbocycles. The first-order valence-electron chi connectivity index (χ1n) is 7.83. The van der Waals surface area contributed by atoms with Crippen LogP contribution in [0.3, 0.4) is 0 Å². The molecule has 0 radical (unpaired) electrons. The van der Waals surface area contributed by atoms with E-state index in [0.717, 1.165) is 18.1 Å². The van der Waals surface area contributed by atoms with E-state index in [1.165, 1.54) is 50.5 Å². The molecule has 0 aliphatic heterocycles. The molecule has 2 aliphatic rings. The maximum atomic E-state index is 6.35. The van der Waals surface area contributed by atoms with Gasteiger partial charge in [0.05, 0.1) is 6.10 Å². The monoisotopic (exact) mass is 259 g/mol. The van der Waals surface area contributed by atoms with Gasteiger partial charge < -0.3 is 10.5 Å². The summed E-state index contributed by atoms with van der Waals surface area (Å²) in [7, 11) is 0. The zero-order valence-electron chi connectivity index (χ0n) is 11.7. The smallest absolute Gasteiger partial charge is 0.119 e. The Morgan fingerprint density at radius 2 is 1.68 bits per heavy atom. The summed E-state index contributed by atoms with van der Waals surface area (Å²) in [6.07, 6.45) is 11.0. The van der Waals surface area contributed by atoms with Gasteiger partial charge in [0.25, 0.3) is 0 Å². The maximum Gasteiger partial charge on any atom is 0.119 e. The molecule has 2 saturated carbocycles. The summed E-state index contributed by atoms with van der Waals surface area (Å²) in [5, 5.41) is 0. The molecule has 0 aromatic heterocycles. The van der Waals surface area contributed by atoms with Gasteiger partial charge in [-0.25, -0.2) is 0 Å². The van der Waals surface area contributed by atoms with E-state index in [0.29, 0.717) is 6.10 Å². The van der Waals surface area contributed by atoms with E-state index >= 15 is 0 Å². The van der Waals surface area contributed by atoms with E-state index in [9.17, 15) is 0 Å². The van der Waals surface area contributed by atoms with Gasteiger partial charge in [0.2, 0.25) is 0 Å². The summed E-state index contributed by atoms with van der Waals surface area (Å²) in [4.78, 5) is 0. The van der Waals surface area contributed by atoms with Crippen molar-refractivity contribution >= 4 is 0 Å². The van der Waals surface area contributed by atoms with Crippen molar-refractivity contribution in [3.8, 4) is 5.75 Å². The van der Waals surface area contributed by atoms with Crippen molar-refractivity contribution in [1.82, 2.24) is 0 Å². The molecular weight excluding hydrogens is 234 g/mol. The van der Waals surface area contributed by atoms with Crippen LogP contribution in [0.25, 0.3) is 0 Å². The quantitative estimate of drug-likeness (QED) is 0.860. The van der Waals surface area contributed by atoms with Gasteiger partial charge >= 0.3 is 0 Å². The fourth-order valence-electron chi connectivity index (χ4n) is 3.09. The molecule has 2 fully saturated rings. The molecule has 1 aromatic rings. The molecule has 104 valence electrons. The van der Waals surface area contributed by atoms with Crippen molar-refractivity contribution in [2.24, 2.45) is 11.7 Å². The molecule has 2 nitrogen and oxygen atoms in total. The number of rotatable bonds is 5. The molecule has 19 heavy (non-hydrogen) atoms. The Morgan fingerprint density at radius 1 is 1.00 bits per heavy atom. The summed E-state index contributed by atoms with van der Waals surface area (Å²) in [6, 6.07) is 8.64. The Bertz CT molecular complexity index is 390. The van der Waals surface area contributed by atoms with Gasteiger partial charge in [0, 0.05) is 6.04 Å². The van der Waals surface area contributed by atoms with Crippen molar-refractivity contribution in [2.75, 3.05) is 0 Å². The van der Waals surface area contributed by atoms with E-state index < -0.39 is 0 Å². The minimum Gasteiger partial charge on any atom is -0.490 e. The second-order valence-electron chi connectivity index (χ2n) is 6.23. The topological polar surface area (TPSA) is 35.2 Å². The Hall–Kier alpha value is -1.02. The fourth-order valence-corrected chi connectivity index (χ4v) is 3.09. The van der Waals surface area contributed by atoms with Gasteiger partial charge in [-0.15, -0.1) is 0 Å². The highest BCUT2D eigenvalue weighted by molar-refractivity contribution is 5.29. The molecule has 0 heterocycles. The highest BCUT2D eigenvalue weighted by Crippen LogP contribution is 2.32. The third-order valence-corrected chi connectivity index (χ3v) is 4.45. The zero-order valence-corrected chi connectivity index (χ0v) is 11.7. The normalized spacial score (nSPS) is 22.2. The summed E-state index contributed by atoms with van der Waals surface area (Å²) < 4.78 is 5.77. The lowest BCUT2D eigenvalue weighted by Crippen LogP contribution is -2.17. The highest BCUT2D eigenvalue weighted by Gasteiger charge is 2.23. The maximum absolute atomic E-state index is 6.35. The molecule has 2 N–H and O–H groups in total. The number of hydrogen-bond donors (Lipinski definition) is 1. The first-order valence-corrected chi connectivity index (χ1v) is 7.83. The van der Waals surface area contributed by atoms with E-state index in [4.69, 9.17) is 10.5 Å². The second-order valence-corrected chi connectivity index (χ2v) is 6.23. The molecular formula is C17H25NO. The zero-order chi connectivity index (χ0) is 13.1. The van der Waals surface area contributed by atoms with E-state index in [-0.39, 0.29) is 6.04 Å². The number of hydrogen-bond acceptors (Lipinski definition) is 2. The Kier molecular flexibility index (Phi) is 4.07. The van der Waals surface area contributed by atoms with Crippen LogP contribution < -0.4 is 10.5 Å². The lowest BCUT2D eigenvalue weighted by atomic mass is 9.83. The van der Waals surface area contributed by atoms with Crippen molar-refractivity contribution in [3.05, 3.63) is 29.8 Å². The van der Waals surface area contributed by atoms with Crippen LogP contribution in [0.2, 0.25) is 0 Å². The molecule has 1 aromatic carbocycles. The van der Waals surface area contributed by atoms with Gasteiger partial charge in [-0.2, -0.15) is 0 Å². The predicted molar refractivity (Wildman–Crippen MR) is 78.2 cm³/mol. The molecule has 3 rings (SSSR count). The average Bonchev–Trinajstić information content (AvgIpc) is 3.25. The molecule has 0 bridgehead atoms. The summed E-state index contributed by atoms with van der Waals surface area (Å²) in [5.41, 5.74) is 7.61. The summed E-state index contributed by atoms with van der Waals surface area (Å²) in [6.45, 7) is 0. The number of benzene rings is 1. The first kappa shape index (κ1) is 13.0. The van der Waals surface area contributed by atoms with Crippen LogP contribution >= 0.6 is 0 Å². The molecule has 0 amide bonds. The van der Waals surface area contributed by atoms with Crippen molar-refractivity contribution in [1.29, 1.82) is 0 Å². The van der Waals surface area contributed by atoms with E-state index in [2.05, 4.69) is 24.3 Å². The standard InChI is InChI=1S/C17H25NO/c18-17(12-13-4-2-1-3-5-13)14-6-8-15(9-7-14)19-16-10-11-16/h6-9,13,16-17H,1-5,10-12,18H2. The van der Waals surface area contributed by atoms with Gasteiger partial charge in [0.1, 0.15) is 5.75 Å². The minimum atomic E-state index is 0.193. The fraction of sp³-hybridized carbons (Fsp3) is 0.647. The Balaban J connectivity index is 1.54. The number of ether oxygens (including phenoxy) is 1. The van der Waals surface area contributed by atoms with Crippen LogP contribution in [-0.4, -0.2) is 6.10 Å². The van der Waals surface area contributed by atoms with Crippen LogP contribution in [0.5, 0.6) is 5.75 Å². The van der Waals surface area contributed by atoms with Crippen molar-refractivity contribution in [2.45, 2.75) is 63.5 Å². The highest BCUT2D eigenvalue weighted by atomic mass is 16.5. The minimum absolute atomic E-state index is 0.193. The van der Waals surface area contributed by atoms with Gasteiger partial charge in [-0.05, 0) is 42.9 Å². The first-order chi connectivity index (χ1) is 9.31. The van der Waals surface area contributed by atoms with Gasteiger partial charge in [0.15, 0.2) is 0 Å². The molecule has 1 unspecified atom stereocenters. The lowest BCUT2D eigenvalue weighted by molar-refractivity contribution is 0.302. The summed E-state index contributed by atoms with van der Waals surface area (Å²) >= 11 is 0. The van der Waals surface area contributed by atoms with E-state index in [1.54, 1.807) is 0 Å². The van der Waals surface area contributed by atoms with Crippen LogP contribution in [0.1, 0.15) is 63.0 Å². The van der Waals surface area contributed by atoms with Crippen LogP contribution in [-0.2, 0) is 0 Å². The Labute approximate surface area is 116 Å². The second kappa shape index (κ2) is 5.96. The molecule has 1 atom stereocenters. The molecule has 2 heteroatoms. The average molecular weight is 259 g/mol. The summed E-state index contributed by atoms with van der Waals surface area (Å²) in [5.74, 6) is 1.84. The number of nitrogens with two attached hydrogens (primary N) is 1. The molecule has 0 spiro atoms. The molecule has 0 saturated heterocycles. The van der Waals surface area contributed by atoms with Crippen LogP contribution in [0, 0.1) is 5.92 Å². The Morgan fingerprint density at radius 3 is 2.32 bits per heavy atom. The van der Waals surface area contributed by atoms with Gasteiger partial charge in [-0.3, -0.25) is 0 Å². The van der Waals surface area contributed by atoms with Crippen molar-refractivity contribution < 1.29 is 4.74 Å². The largest absolute Gasteiger partial charge is 0.490 e. The third kappa shape index (κ3) is 3.73. The lowest BCUT2D eigenvalue weighted by Gasteiger charge is -2.24.